The van der Waals surface area contributed by atoms with Gasteiger partial charge in [-0.25, -0.2) is 0 Å². The Hall–Kier alpha value is -1.22. The second-order valence-electron chi connectivity index (χ2n) is 2.55. The van der Waals surface area contributed by atoms with Gasteiger partial charge in [0.25, 0.3) is 0 Å². The molecule has 0 rings (SSSR count). The lowest BCUT2D eigenvalue weighted by atomic mass is 10.4. The predicted molar refractivity (Wildman–Crippen MR) is 63.2 cm³/mol. The first-order chi connectivity index (χ1) is 6.63. The number of hydrogen-bond acceptors (Lipinski definition) is 3. The van der Waals surface area contributed by atoms with E-state index in [0.29, 0.717) is 10.9 Å². The van der Waals surface area contributed by atoms with Crippen molar-refractivity contribution in [3.63, 3.8) is 0 Å². The molecule has 3 nitrogen and oxygen atoms in total. The van der Waals surface area contributed by atoms with Crippen LogP contribution < -0.4 is 5.73 Å². The van der Waals surface area contributed by atoms with E-state index in [4.69, 9.17) is 17.3 Å². The molecule has 0 radical (unpaired) electrons. The van der Waals surface area contributed by atoms with Crippen molar-refractivity contribution >= 4 is 17.8 Å². The highest BCUT2D eigenvalue weighted by molar-refractivity contribution is 6.29. The highest BCUT2D eigenvalue weighted by Crippen LogP contribution is 2.10. The van der Waals surface area contributed by atoms with E-state index >= 15 is 0 Å². The predicted octanol–water partition coefficient (Wildman–Crippen LogP) is 2.08. The number of halogens is 1. The van der Waals surface area contributed by atoms with E-state index < -0.39 is 0 Å². The minimum Gasteiger partial charge on any atom is -0.396 e. The van der Waals surface area contributed by atoms with Gasteiger partial charge in [-0.05, 0) is 19.1 Å². The maximum Gasteiger partial charge on any atom is 0.131 e. The number of rotatable bonds is 5. The first-order valence-corrected chi connectivity index (χ1v) is 4.68. The van der Waals surface area contributed by atoms with Crippen LogP contribution in [0.1, 0.15) is 6.92 Å². The van der Waals surface area contributed by atoms with Gasteiger partial charge in [-0.2, -0.15) is 0 Å². The summed E-state index contributed by atoms with van der Waals surface area (Å²) >= 11 is 5.91. The molecule has 0 saturated carbocycles. The fourth-order valence-electron chi connectivity index (χ4n) is 0.687. The molecule has 0 spiro atoms. The summed E-state index contributed by atoms with van der Waals surface area (Å²) < 4.78 is 0. The summed E-state index contributed by atoms with van der Waals surface area (Å²) in [5, 5.41) is 0.446. The zero-order chi connectivity index (χ0) is 11.0. The Morgan fingerprint density at radius 3 is 2.79 bits per heavy atom. The van der Waals surface area contributed by atoms with Crippen molar-refractivity contribution in [1.29, 1.82) is 0 Å². The SMILES string of the molecule is C=C/C(N)=C(\Cl)N(C)/C=C\C=N/CC. The zero-order valence-electron chi connectivity index (χ0n) is 8.57. The van der Waals surface area contributed by atoms with E-state index in [2.05, 4.69) is 11.6 Å². The largest absolute Gasteiger partial charge is 0.396 e. The molecule has 0 saturated heterocycles. The topological polar surface area (TPSA) is 41.6 Å². The van der Waals surface area contributed by atoms with E-state index in [9.17, 15) is 0 Å². The van der Waals surface area contributed by atoms with Crippen molar-refractivity contribution in [3.05, 3.63) is 35.8 Å². The fourth-order valence-corrected chi connectivity index (χ4v) is 0.821. The summed E-state index contributed by atoms with van der Waals surface area (Å²) in [6, 6.07) is 0. The quantitative estimate of drug-likeness (QED) is 0.432. The lowest BCUT2D eigenvalue weighted by Crippen LogP contribution is -2.11. The number of hydrogen-bond donors (Lipinski definition) is 1. The van der Waals surface area contributed by atoms with Gasteiger partial charge in [-0.3, -0.25) is 4.99 Å². The molecule has 0 aromatic rings. The first-order valence-electron chi connectivity index (χ1n) is 4.30. The molecule has 0 aliphatic carbocycles. The molecule has 0 aromatic heterocycles. The van der Waals surface area contributed by atoms with Crippen LogP contribution in [0.5, 0.6) is 0 Å². The summed E-state index contributed by atoms with van der Waals surface area (Å²) in [7, 11) is 1.80. The smallest absolute Gasteiger partial charge is 0.131 e. The van der Waals surface area contributed by atoms with Gasteiger partial charge in [0.2, 0.25) is 0 Å². The molecule has 4 heteroatoms. The maximum atomic E-state index is 5.91. The second-order valence-corrected chi connectivity index (χ2v) is 2.91. The molecule has 0 heterocycles. The molecule has 0 aliphatic heterocycles. The Bertz CT molecular complexity index is 267. The van der Waals surface area contributed by atoms with Crippen molar-refractivity contribution in [2.45, 2.75) is 6.92 Å². The fraction of sp³-hybridized carbons (Fsp3) is 0.300. The van der Waals surface area contributed by atoms with E-state index in [1.54, 1.807) is 30.4 Å². The third-order valence-electron chi connectivity index (χ3n) is 1.45. The van der Waals surface area contributed by atoms with Crippen molar-refractivity contribution < 1.29 is 0 Å². The molecule has 14 heavy (non-hydrogen) atoms. The average Bonchev–Trinajstić information content (AvgIpc) is 2.21. The van der Waals surface area contributed by atoms with E-state index in [1.165, 1.54) is 6.08 Å². The Morgan fingerprint density at radius 1 is 1.64 bits per heavy atom. The van der Waals surface area contributed by atoms with Crippen LogP contribution in [-0.4, -0.2) is 24.7 Å². The van der Waals surface area contributed by atoms with Crippen molar-refractivity contribution in [3.8, 4) is 0 Å². The monoisotopic (exact) mass is 213 g/mol. The minimum absolute atomic E-state index is 0.446. The minimum atomic E-state index is 0.446. The average molecular weight is 214 g/mol. The molecule has 0 fully saturated rings. The molecular weight excluding hydrogens is 198 g/mol. The highest BCUT2D eigenvalue weighted by Gasteiger charge is 1.99. The number of allylic oxidation sites excluding steroid dienone is 2. The molecule has 78 valence electrons. The highest BCUT2D eigenvalue weighted by atomic mass is 35.5. The van der Waals surface area contributed by atoms with Crippen LogP contribution in [0.25, 0.3) is 0 Å². The standard InChI is InChI=1S/C10H16ClN3/c1-4-9(12)10(11)14(3)8-6-7-13-5-2/h4,6-8H,1,5,12H2,2-3H3/b8-6-,10-9-,13-7-. The number of nitrogens with zero attached hydrogens (tertiary/aromatic N) is 2. The molecule has 2 N–H and O–H groups in total. The van der Waals surface area contributed by atoms with Gasteiger partial charge in [0.15, 0.2) is 0 Å². The summed E-state index contributed by atoms with van der Waals surface area (Å²) in [5.74, 6) is 0. The zero-order valence-corrected chi connectivity index (χ0v) is 9.33. The Kier molecular flexibility index (Phi) is 6.58. The lowest BCUT2D eigenvalue weighted by Gasteiger charge is -2.13. The molecule has 0 unspecified atom stereocenters. The molecule has 0 aliphatic rings. The molecule has 0 amide bonds. The maximum absolute atomic E-state index is 5.91. The van der Waals surface area contributed by atoms with Crippen LogP contribution in [0.15, 0.2) is 40.8 Å². The van der Waals surface area contributed by atoms with Crippen molar-refractivity contribution in [1.82, 2.24) is 4.90 Å². The Balaban J connectivity index is 4.34. The van der Waals surface area contributed by atoms with Gasteiger partial charge in [0.05, 0.1) is 5.70 Å². The first kappa shape index (κ1) is 12.8. The third kappa shape index (κ3) is 4.72. The van der Waals surface area contributed by atoms with Crippen LogP contribution in [0, 0.1) is 0 Å². The van der Waals surface area contributed by atoms with E-state index in [0.717, 1.165) is 6.54 Å². The van der Waals surface area contributed by atoms with Crippen LogP contribution >= 0.6 is 11.6 Å². The van der Waals surface area contributed by atoms with Gasteiger partial charge in [-0.15, -0.1) is 0 Å². The van der Waals surface area contributed by atoms with Gasteiger partial charge in [-0.1, -0.05) is 18.2 Å². The van der Waals surface area contributed by atoms with Gasteiger partial charge in [0, 0.05) is 26.0 Å². The van der Waals surface area contributed by atoms with Crippen molar-refractivity contribution in [2.24, 2.45) is 10.7 Å². The van der Waals surface area contributed by atoms with Gasteiger partial charge in [0.1, 0.15) is 5.16 Å². The van der Waals surface area contributed by atoms with Crippen molar-refractivity contribution in [2.75, 3.05) is 13.6 Å². The number of aliphatic imine (C=N–C) groups is 1. The van der Waals surface area contributed by atoms with Crippen LogP contribution in [0.3, 0.4) is 0 Å². The third-order valence-corrected chi connectivity index (χ3v) is 1.94. The summed E-state index contributed by atoms with van der Waals surface area (Å²) in [6.45, 7) is 6.27. The number of nitrogens with two attached hydrogens (primary N) is 1. The van der Waals surface area contributed by atoms with Crippen LogP contribution in [0.2, 0.25) is 0 Å². The summed E-state index contributed by atoms with van der Waals surface area (Å²) in [6.07, 6.45) is 6.79. The Morgan fingerprint density at radius 2 is 2.29 bits per heavy atom. The second kappa shape index (κ2) is 7.21. The van der Waals surface area contributed by atoms with E-state index in [-0.39, 0.29) is 0 Å². The Labute approximate surface area is 90.3 Å². The van der Waals surface area contributed by atoms with Gasteiger partial charge < -0.3 is 10.6 Å². The van der Waals surface area contributed by atoms with Gasteiger partial charge >= 0.3 is 0 Å². The molecular formula is C10H16ClN3. The summed E-state index contributed by atoms with van der Waals surface area (Å²) in [5.41, 5.74) is 6.02. The summed E-state index contributed by atoms with van der Waals surface area (Å²) in [4.78, 5) is 5.71. The molecule has 0 bridgehead atoms. The van der Waals surface area contributed by atoms with E-state index in [1.807, 2.05) is 6.92 Å². The normalized spacial score (nSPS) is 13.4. The molecule has 0 aromatic carbocycles. The molecule has 0 atom stereocenters. The van der Waals surface area contributed by atoms with Crippen LogP contribution in [0.4, 0.5) is 0 Å². The lowest BCUT2D eigenvalue weighted by molar-refractivity contribution is 0.602. The van der Waals surface area contributed by atoms with Crippen LogP contribution in [-0.2, 0) is 0 Å².